The number of carbonyl (C=O) groups is 2. The summed E-state index contributed by atoms with van der Waals surface area (Å²) in [7, 11) is 0. The minimum Gasteiger partial charge on any atom is -0.462 e. The van der Waals surface area contributed by atoms with Gasteiger partial charge in [-0.2, -0.15) is 0 Å². The summed E-state index contributed by atoms with van der Waals surface area (Å²) in [5.41, 5.74) is 3.78. The summed E-state index contributed by atoms with van der Waals surface area (Å²) in [5, 5.41) is 3.27. The summed E-state index contributed by atoms with van der Waals surface area (Å²) in [6.45, 7) is 2.10. The van der Waals surface area contributed by atoms with E-state index in [0.29, 0.717) is 23.1 Å². The number of hydrogen-bond donors (Lipinski definition) is 1. The molecule has 4 aromatic rings. The summed E-state index contributed by atoms with van der Waals surface area (Å²) in [4.78, 5) is 29.0. The normalized spacial score (nSPS) is 15.4. The van der Waals surface area contributed by atoms with Crippen molar-refractivity contribution >= 4 is 40.0 Å². The molecule has 188 valence electrons. The van der Waals surface area contributed by atoms with Crippen LogP contribution in [0.1, 0.15) is 56.4 Å². The fourth-order valence-electron chi connectivity index (χ4n) is 4.82. The number of thiophene rings is 1. The van der Waals surface area contributed by atoms with Gasteiger partial charge in [0.15, 0.2) is 0 Å². The fourth-order valence-corrected chi connectivity index (χ4v) is 7.18. The number of rotatable bonds is 8. The van der Waals surface area contributed by atoms with Gasteiger partial charge in [-0.25, -0.2) is 4.79 Å². The summed E-state index contributed by atoms with van der Waals surface area (Å²) in [6.07, 6.45) is 2.60. The number of benzene rings is 3. The number of carbonyl (C=O) groups excluding carboxylic acids is 2. The Hall–Kier alpha value is -3.35. The molecule has 0 radical (unpaired) electrons. The quantitative estimate of drug-likeness (QED) is 0.189. The molecule has 1 amide bonds. The summed E-state index contributed by atoms with van der Waals surface area (Å²) in [6, 6.07) is 30.2. The van der Waals surface area contributed by atoms with Gasteiger partial charge in [0.05, 0.1) is 12.2 Å². The molecule has 5 rings (SSSR count). The van der Waals surface area contributed by atoms with Gasteiger partial charge in [-0.1, -0.05) is 78.9 Å². The number of thioether (sulfide) groups is 1. The minimum atomic E-state index is -0.463. The molecule has 4 nitrogen and oxygen atoms in total. The van der Waals surface area contributed by atoms with Crippen LogP contribution in [0.25, 0.3) is 0 Å². The zero-order valence-electron chi connectivity index (χ0n) is 20.7. The molecule has 0 spiro atoms. The molecule has 0 fully saturated rings. The Morgan fingerprint density at radius 1 is 0.973 bits per heavy atom. The molecular formula is C31H29NO3S2. The van der Waals surface area contributed by atoms with Gasteiger partial charge in [-0.05, 0) is 60.9 Å². The first-order chi connectivity index (χ1) is 18.1. The second-order valence-electron chi connectivity index (χ2n) is 8.99. The molecule has 37 heavy (non-hydrogen) atoms. The monoisotopic (exact) mass is 527 g/mol. The van der Waals surface area contributed by atoms with Crippen LogP contribution in [0, 0.1) is 0 Å². The largest absolute Gasteiger partial charge is 0.462 e. The van der Waals surface area contributed by atoms with Crippen molar-refractivity contribution in [1.29, 1.82) is 0 Å². The average molecular weight is 528 g/mol. The Balaban J connectivity index is 1.46. The van der Waals surface area contributed by atoms with E-state index in [2.05, 4.69) is 29.6 Å². The van der Waals surface area contributed by atoms with Gasteiger partial charge < -0.3 is 10.1 Å². The number of ether oxygens (including phenoxy) is 1. The molecule has 0 saturated heterocycles. The predicted octanol–water partition coefficient (Wildman–Crippen LogP) is 7.67. The lowest BCUT2D eigenvalue weighted by atomic mass is 9.83. The molecule has 1 N–H and O–H groups in total. The Morgan fingerprint density at radius 3 is 2.30 bits per heavy atom. The number of amides is 1. The van der Waals surface area contributed by atoms with E-state index in [-0.39, 0.29) is 11.9 Å². The van der Waals surface area contributed by atoms with E-state index in [0.717, 1.165) is 40.2 Å². The lowest BCUT2D eigenvalue weighted by Crippen LogP contribution is -2.20. The molecule has 6 heteroatoms. The average Bonchev–Trinajstić information content (AvgIpc) is 3.30. The molecule has 1 heterocycles. The Kier molecular flexibility index (Phi) is 8.07. The maximum atomic E-state index is 13.8. The van der Waals surface area contributed by atoms with Gasteiger partial charge in [-0.15, -0.1) is 23.1 Å². The van der Waals surface area contributed by atoms with Crippen molar-refractivity contribution in [3.63, 3.8) is 0 Å². The molecular weight excluding hydrogens is 498 g/mol. The maximum absolute atomic E-state index is 13.8. The lowest BCUT2D eigenvalue weighted by molar-refractivity contribution is -0.115. The molecule has 0 unspecified atom stereocenters. The van der Waals surface area contributed by atoms with Gasteiger partial charge in [0, 0.05) is 9.77 Å². The van der Waals surface area contributed by atoms with Gasteiger partial charge in [0.1, 0.15) is 10.3 Å². The van der Waals surface area contributed by atoms with Crippen molar-refractivity contribution in [3.8, 4) is 0 Å². The number of nitrogens with one attached hydrogen (secondary N) is 1. The van der Waals surface area contributed by atoms with Crippen LogP contribution >= 0.6 is 23.1 Å². The standard InChI is InChI=1S/C31H29NO3S2/c1-2-35-31(34)27-25-19-18-23(21-12-6-3-7-13-21)20-26(25)37-30(27)32-29(33)28(22-14-8-4-9-15-22)36-24-16-10-5-11-17-24/h3-17,23,28H,2,18-20H2,1H3,(H,32,33)/t23-,28+/m1/s1. The maximum Gasteiger partial charge on any atom is 0.341 e. The van der Waals surface area contributed by atoms with Gasteiger partial charge >= 0.3 is 5.97 Å². The zero-order valence-corrected chi connectivity index (χ0v) is 22.3. The highest BCUT2D eigenvalue weighted by Crippen LogP contribution is 2.44. The number of fused-ring (bicyclic) bond motifs is 1. The first-order valence-corrected chi connectivity index (χ1v) is 14.3. The van der Waals surface area contributed by atoms with Crippen molar-refractivity contribution < 1.29 is 14.3 Å². The number of anilines is 1. The fraction of sp³-hybridized carbons (Fsp3) is 0.226. The first kappa shape index (κ1) is 25.3. The van der Waals surface area contributed by atoms with Crippen molar-refractivity contribution in [3.05, 3.63) is 118 Å². The third-order valence-corrected chi connectivity index (χ3v) is 9.03. The van der Waals surface area contributed by atoms with Crippen molar-refractivity contribution in [2.45, 2.75) is 42.2 Å². The molecule has 0 bridgehead atoms. The van der Waals surface area contributed by atoms with Gasteiger partial charge in [0.25, 0.3) is 0 Å². The molecule has 2 atom stereocenters. The highest BCUT2D eigenvalue weighted by Gasteiger charge is 2.32. The van der Waals surface area contributed by atoms with Crippen LogP contribution < -0.4 is 5.32 Å². The summed E-state index contributed by atoms with van der Waals surface area (Å²) in [5.74, 6) is -0.110. The van der Waals surface area contributed by atoms with Crippen molar-refractivity contribution in [2.75, 3.05) is 11.9 Å². The minimum absolute atomic E-state index is 0.149. The molecule has 1 aromatic heterocycles. The molecule has 0 saturated carbocycles. The van der Waals surface area contributed by atoms with Gasteiger partial charge in [0.2, 0.25) is 5.91 Å². The zero-order chi connectivity index (χ0) is 25.6. The van der Waals surface area contributed by atoms with Crippen LogP contribution in [-0.2, 0) is 22.4 Å². The second-order valence-corrected chi connectivity index (χ2v) is 11.3. The van der Waals surface area contributed by atoms with E-state index < -0.39 is 5.25 Å². The molecule has 3 aromatic carbocycles. The van der Waals surface area contributed by atoms with Crippen molar-refractivity contribution in [1.82, 2.24) is 0 Å². The smallest absolute Gasteiger partial charge is 0.341 e. The van der Waals surface area contributed by atoms with Crippen LogP contribution in [0.15, 0.2) is 95.9 Å². The third-order valence-electron chi connectivity index (χ3n) is 6.59. The first-order valence-electron chi connectivity index (χ1n) is 12.6. The van der Waals surface area contributed by atoms with E-state index in [1.54, 1.807) is 0 Å². The Bertz CT molecular complexity index is 1350. The SMILES string of the molecule is CCOC(=O)c1c(NC(=O)[C@@H](Sc2ccccc2)c2ccccc2)sc2c1CC[C@@H](c1ccccc1)C2. The lowest BCUT2D eigenvalue weighted by Gasteiger charge is -2.23. The van der Waals surface area contributed by atoms with E-state index in [9.17, 15) is 9.59 Å². The van der Waals surface area contributed by atoms with Crippen LogP contribution in [0.2, 0.25) is 0 Å². The van der Waals surface area contributed by atoms with Crippen molar-refractivity contribution in [2.24, 2.45) is 0 Å². The van der Waals surface area contributed by atoms with E-state index >= 15 is 0 Å². The summed E-state index contributed by atoms with van der Waals surface area (Å²) < 4.78 is 5.44. The number of hydrogen-bond acceptors (Lipinski definition) is 5. The van der Waals surface area contributed by atoms with Crippen LogP contribution in [-0.4, -0.2) is 18.5 Å². The highest BCUT2D eigenvalue weighted by atomic mass is 32.2. The Morgan fingerprint density at radius 2 is 1.62 bits per heavy atom. The predicted molar refractivity (Wildman–Crippen MR) is 152 cm³/mol. The van der Waals surface area contributed by atoms with Crippen LogP contribution in [0.5, 0.6) is 0 Å². The van der Waals surface area contributed by atoms with E-state index in [1.807, 2.05) is 73.7 Å². The van der Waals surface area contributed by atoms with Gasteiger partial charge in [-0.3, -0.25) is 4.79 Å². The molecule has 1 aliphatic carbocycles. The highest BCUT2D eigenvalue weighted by molar-refractivity contribution is 8.00. The molecule has 1 aliphatic rings. The second kappa shape index (κ2) is 11.8. The van der Waals surface area contributed by atoms with E-state index in [1.165, 1.54) is 28.7 Å². The third kappa shape index (κ3) is 5.81. The van der Waals surface area contributed by atoms with E-state index in [4.69, 9.17) is 4.74 Å². The molecule has 0 aliphatic heterocycles. The van der Waals surface area contributed by atoms with Crippen LogP contribution in [0.3, 0.4) is 0 Å². The summed E-state index contributed by atoms with van der Waals surface area (Å²) >= 11 is 3.02. The number of esters is 1. The Labute approximate surface area is 226 Å². The topological polar surface area (TPSA) is 55.4 Å². The van der Waals surface area contributed by atoms with Crippen LogP contribution in [0.4, 0.5) is 5.00 Å².